The van der Waals surface area contributed by atoms with E-state index in [1.807, 2.05) is 18.3 Å². The maximum Gasteiger partial charge on any atom is 0.285 e. The molecule has 0 aliphatic carbocycles. The van der Waals surface area contributed by atoms with Gasteiger partial charge >= 0.3 is 0 Å². The maximum atomic E-state index is 12.3. The zero-order chi connectivity index (χ0) is 17.3. The molecular formula is C17H18N4O2S. The molecule has 0 aliphatic heterocycles. The molecule has 7 heteroatoms. The second-order valence-electron chi connectivity index (χ2n) is 5.86. The lowest BCUT2D eigenvalue weighted by atomic mass is 10.1. The van der Waals surface area contributed by atoms with Gasteiger partial charge in [0.25, 0.3) is 5.91 Å². The predicted octanol–water partition coefficient (Wildman–Crippen LogP) is 3.07. The average Bonchev–Trinajstić information content (AvgIpc) is 2.98. The summed E-state index contributed by atoms with van der Waals surface area (Å²) in [5.74, 6) is -0.466. The molecule has 1 unspecified atom stereocenters. The molecule has 1 aromatic carbocycles. The molecule has 2 heterocycles. The minimum atomic E-state index is -2.54. The summed E-state index contributed by atoms with van der Waals surface area (Å²) in [6, 6.07) is 8.87. The fourth-order valence-corrected chi connectivity index (χ4v) is 2.75. The van der Waals surface area contributed by atoms with Crippen molar-refractivity contribution >= 4 is 26.5 Å². The third kappa shape index (κ3) is 3.21. The van der Waals surface area contributed by atoms with E-state index in [1.54, 1.807) is 49.1 Å². The standard InChI is InChI=1S/C17H18N4O2S/c1-12(2)24(3,23)20-17(22)13-6-7-16-14(9-13)11-21(19-16)15-5-4-8-18-10-15/h4-12H,1-3H3. The van der Waals surface area contributed by atoms with E-state index >= 15 is 0 Å². The highest BCUT2D eigenvalue weighted by Gasteiger charge is 2.13. The first kappa shape index (κ1) is 16.3. The van der Waals surface area contributed by atoms with Crippen molar-refractivity contribution in [3.63, 3.8) is 0 Å². The Morgan fingerprint density at radius 2 is 2.08 bits per heavy atom. The number of amides is 1. The molecule has 0 radical (unpaired) electrons. The van der Waals surface area contributed by atoms with Gasteiger partial charge in [-0.15, -0.1) is 0 Å². The summed E-state index contributed by atoms with van der Waals surface area (Å²) in [6.07, 6.45) is 6.74. The first-order chi connectivity index (χ1) is 11.4. The Morgan fingerprint density at radius 1 is 1.29 bits per heavy atom. The van der Waals surface area contributed by atoms with Crippen LogP contribution in [0.5, 0.6) is 0 Å². The number of pyridine rings is 1. The van der Waals surface area contributed by atoms with Crippen molar-refractivity contribution in [1.82, 2.24) is 14.8 Å². The SMILES string of the molecule is CC(C)S(C)(=O)=NC(=O)c1ccc2nn(-c3cccnc3)cc2c1. The van der Waals surface area contributed by atoms with Crippen molar-refractivity contribution < 1.29 is 9.00 Å². The highest BCUT2D eigenvalue weighted by molar-refractivity contribution is 7.93. The summed E-state index contributed by atoms with van der Waals surface area (Å²) >= 11 is 0. The fraction of sp³-hybridized carbons (Fsp3) is 0.235. The minimum Gasteiger partial charge on any atom is -0.266 e. The molecule has 0 N–H and O–H groups in total. The van der Waals surface area contributed by atoms with Gasteiger partial charge in [0.05, 0.1) is 27.1 Å². The van der Waals surface area contributed by atoms with Crippen LogP contribution in [-0.2, 0) is 9.73 Å². The van der Waals surface area contributed by atoms with Crippen LogP contribution >= 0.6 is 0 Å². The van der Waals surface area contributed by atoms with E-state index in [-0.39, 0.29) is 5.25 Å². The average molecular weight is 342 g/mol. The molecule has 0 bridgehead atoms. The quantitative estimate of drug-likeness (QED) is 0.733. The number of fused-ring (bicyclic) bond motifs is 1. The van der Waals surface area contributed by atoms with E-state index in [2.05, 4.69) is 14.4 Å². The number of rotatable bonds is 3. The van der Waals surface area contributed by atoms with Crippen LogP contribution in [0.4, 0.5) is 0 Å². The van der Waals surface area contributed by atoms with Crippen LogP contribution in [0.2, 0.25) is 0 Å². The van der Waals surface area contributed by atoms with Crippen LogP contribution < -0.4 is 0 Å². The summed E-state index contributed by atoms with van der Waals surface area (Å²) in [7, 11) is -2.54. The van der Waals surface area contributed by atoms with Crippen LogP contribution in [0.15, 0.2) is 53.3 Å². The van der Waals surface area contributed by atoms with Gasteiger partial charge in [-0.2, -0.15) is 9.46 Å². The molecule has 1 amide bonds. The van der Waals surface area contributed by atoms with E-state index < -0.39 is 15.6 Å². The molecule has 3 rings (SSSR count). The van der Waals surface area contributed by atoms with Crippen LogP contribution in [0.1, 0.15) is 24.2 Å². The summed E-state index contributed by atoms with van der Waals surface area (Å²) in [6.45, 7) is 3.58. The zero-order valence-electron chi connectivity index (χ0n) is 13.7. The molecule has 24 heavy (non-hydrogen) atoms. The second kappa shape index (κ2) is 6.16. The van der Waals surface area contributed by atoms with Gasteiger partial charge in [-0.3, -0.25) is 9.78 Å². The Labute approximate surface area is 140 Å². The van der Waals surface area contributed by atoms with Crippen molar-refractivity contribution in [2.24, 2.45) is 4.36 Å². The molecule has 3 aromatic rings. The molecule has 1 atom stereocenters. The lowest BCUT2D eigenvalue weighted by molar-refractivity contribution is 0.100. The maximum absolute atomic E-state index is 12.3. The third-order valence-corrected chi connectivity index (χ3v) is 6.08. The van der Waals surface area contributed by atoms with Gasteiger partial charge in [0.2, 0.25) is 0 Å². The Morgan fingerprint density at radius 3 is 2.75 bits per heavy atom. The molecule has 0 saturated carbocycles. The number of aromatic nitrogens is 3. The van der Waals surface area contributed by atoms with E-state index in [0.29, 0.717) is 5.56 Å². The number of hydrogen-bond donors (Lipinski definition) is 0. The summed E-state index contributed by atoms with van der Waals surface area (Å²) in [4.78, 5) is 16.4. The minimum absolute atomic E-state index is 0.182. The van der Waals surface area contributed by atoms with Crippen molar-refractivity contribution in [2.75, 3.05) is 6.26 Å². The summed E-state index contributed by atoms with van der Waals surface area (Å²) in [5, 5.41) is 5.09. The lowest BCUT2D eigenvalue weighted by Crippen LogP contribution is -2.13. The van der Waals surface area contributed by atoms with Gasteiger partial charge in [0, 0.05) is 34.8 Å². The van der Waals surface area contributed by atoms with Gasteiger partial charge in [-0.05, 0) is 30.3 Å². The molecule has 2 aromatic heterocycles. The Kier molecular flexibility index (Phi) is 4.19. The van der Waals surface area contributed by atoms with Crippen LogP contribution in [0.3, 0.4) is 0 Å². The van der Waals surface area contributed by atoms with Crippen molar-refractivity contribution in [1.29, 1.82) is 0 Å². The summed E-state index contributed by atoms with van der Waals surface area (Å²) < 4.78 is 17.9. The highest BCUT2D eigenvalue weighted by Crippen LogP contribution is 2.18. The molecule has 6 nitrogen and oxygen atoms in total. The lowest BCUT2D eigenvalue weighted by Gasteiger charge is -2.06. The van der Waals surface area contributed by atoms with E-state index in [9.17, 15) is 9.00 Å². The van der Waals surface area contributed by atoms with Gasteiger partial charge in [0.1, 0.15) is 0 Å². The number of hydrogen-bond acceptors (Lipinski definition) is 4. The molecule has 0 aliphatic rings. The Hall–Kier alpha value is -2.54. The normalized spacial score (nSPS) is 13.8. The predicted molar refractivity (Wildman–Crippen MR) is 94.8 cm³/mol. The first-order valence-corrected chi connectivity index (χ1v) is 9.50. The highest BCUT2D eigenvalue weighted by atomic mass is 32.2. The molecule has 0 spiro atoms. The smallest absolute Gasteiger partial charge is 0.266 e. The van der Waals surface area contributed by atoms with E-state index in [0.717, 1.165) is 16.6 Å². The number of carbonyl (C=O) groups is 1. The van der Waals surface area contributed by atoms with Gasteiger partial charge in [0.15, 0.2) is 0 Å². The topological polar surface area (TPSA) is 77.2 Å². The van der Waals surface area contributed by atoms with Crippen LogP contribution in [0.25, 0.3) is 16.6 Å². The Bertz CT molecular complexity index is 1020. The van der Waals surface area contributed by atoms with E-state index in [4.69, 9.17) is 0 Å². The summed E-state index contributed by atoms with van der Waals surface area (Å²) in [5.41, 5.74) is 2.00. The van der Waals surface area contributed by atoms with Crippen molar-refractivity contribution in [2.45, 2.75) is 19.1 Å². The third-order valence-electron chi connectivity index (χ3n) is 3.80. The largest absolute Gasteiger partial charge is 0.285 e. The van der Waals surface area contributed by atoms with Gasteiger partial charge in [-0.1, -0.05) is 13.8 Å². The molecular weight excluding hydrogens is 324 g/mol. The van der Waals surface area contributed by atoms with Crippen molar-refractivity contribution in [3.8, 4) is 5.69 Å². The van der Waals surface area contributed by atoms with Crippen LogP contribution in [-0.4, -0.2) is 36.4 Å². The molecule has 0 saturated heterocycles. The first-order valence-electron chi connectivity index (χ1n) is 7.52. The fourth-order valence-electron chi connectivity index (χ4n) is 2.10. The number of carbonyl (C=O) groups excluding carboxylic acids is 1. The van der Waals surface area contributed by atoms with E-state index in [1.165, 1.54) is 6.26 Å². The zero-order valence-corrected chi connectivity index (χ0v) is 14.5. The second-order valence-corrected chi connectivity index (χ2v) is 8.71. The van der Waals surface area contributed by atoms with Crippen LogP contribution in [0, 0.1) is 0 Å². The molecule has 0 fully saturated rings. The number of nitrogens with zero attached hydrogens (tertiary/aromatic N) is 4. The Balaban J connectivity index is 2.01. The van der Waals surface area contributed by atoms with Crippen molar-refractivity contribution in [3.05, 3.63) is 54.5 Å². The monoisotopic (exact) mass is 342 g/mol. The van der Waals surface area contributed by atoms with Gasteiger partial charge in [-0.25, -0.2) is 8.89 Å². The number of benzene rings is 1. The molecule has 124 valence electrons. The van der Waals surface area contributed by atoms with Gasteiger partial charge < -0.3 is 0 Å².